The van der Waals surface area contributed by atoms with E-state index in [1.165, 1.54) is 17.0 Å². The minimum atomic E-state index is -4.17. The van der Waals surface area contributed by atoms with E-state index in [9.17, 15) is 18.0 Å². The van der Waals surface area contributed by atoms with Crippen LogP contribution in [0.2, 0.25) is 5.02 Å². The van der Waals surface area contributed by atoms with Crippen molar-refractivity contribution in [3.05, 3.63) is 130 Å². The monoisotopic (exact) mass is 695 g/mol. The second kappa shape index (κ2) is 15.4. The molecule has 0 bridgehead atoms. The molecule has 0 spiro atoms. The second-order valence-electron chi connectivity index (χ2n) is 10.5. The SMILES string of the molecule is CCC(C)NC(=O)C(Cc1ccccc1)N(Cc1ccc(Br)cc1)C(=O)CN(c1ccc(Cl)cc1)S(=O)(=O)c1ccccc1. The van der Waals surface area contributed by atoms with E-state index in [-0.39, 0.29) is 35.5 Å². The zero-order valence-electron chi connectivity index (χ0n) is 24.6. The fourth-order valence-corrected chi connectivity index (χ4v) is 6.46. The van der Waals surface area contributed by atoms with Crippen LogP contribution in [0.15, 0.2) is 119 Å². The van der Waals surface area contributed by atoms with Crippen molar-refractivity contribution in [2.45, 2.75) is 50.2 Å². The van der Waals surface area contributed by atoms with Gasteiger partial charge in [0.25, 0.3) is 10.0 Å². The summed E-state index contributed by atoms with van der Waals surface area (Å²) in [7, 11) is -4.17. The summed E-state index contributed by atoms with van der Waals surface area (Å²) in [5.74, 6) is -0.833. The molecule has 1 N–H and O–H groups in total. The molecule has 230 valence electrons. The van der Waals surface area contributed by atoms with Gasteiger partial charge in [-0.1, -0.05) is 95.1 Å². The Kier molecular flexibility index (Phi) is 11.6. The summed E-state index contributed by atoms with van der Waals surface area (Å²) in [5.41, 5.74) is 1.94. The fraction of sp³-hybridized carbons (Fsp3) is 0.235. The maximum Gasteiger partial charge on any atom is 0.264 e. The Bertz CT molecular complexity index is 1640. The summed E-state index contributed by atoms with van der Waals surface area (Å²) in [6, 6.07) is 30.1. The Balaban J connectivity index is 1.79. The Morgan fingerprint density at radius 2 is 1.43 bits per heavy atom. The fourth-order valence-electron chi connectivity index (χ4n) is 4.64. The molecule has 0 radical (unpaired) electrons. The standard InChI is InChI=1S/C34H35BrClN3O4S/c1-3-25(2)37-34(41)32(22-26-10-6-4-7-11-26)38(23-27-14-16-28(35)17-15-27)33(40)24-39(30-20-18-29(36)19-21-30)44(42,43)31-12-8-5-9-13-31/h4-21,25,32H,3,22-24H2,1-2H3,(H,37,41). The summed E-state index contributed by atoms with van der Waals surface area (Å²) in [5, 5.41) is 3.47. The molecule has 7 nitrogen and oxygen atoms in total. The molecule has 0 aromatic heterocycles. The van der Waals surface area contributed by atoms with Crippen molar-refractivity contribution in [3.8, 4) is 0 Å². The van der Waals surface area contributed by atoms with Crippen molar-refractivity contribution < 1.29 is 18.0 Å². The molecule has 10 heteroatoms. The second-order valence-corrected chi connectivity index (χ2v) is 13.7. The topological polar surface area (TPSA) is 86.8 Å². The van der Waals surface area contributed by atoms with Gasteiger partial charge in [0.1, 0.15) is 12.6 Å². The van der Waals surface area contributed by atoms with Crippen LogP contribution in [0.5, 0.6) is 0 Å². The molecule has 2 amide bonds. The van der Waals surface area contributed by atoms with Gasteiger partial charge >= 0.3 is 0 Å². The van der Waals surface area contributed by atoms with Gasteiger partial charge in [-0.3, -0.25) is 13.9 Å². The van der Waals surface area contributed by atoms with E-state index in [1.54, 1.807) is 42.5 Å². The molecule has 0 heterocycles. The van der Waals surface area contributed by atoms with Crippen molar-refractivity contribution in [2.75, 3.05) is 10.8 Å². The first kappa shape index (κ1) is 33.2. The number of hydrogen-bond donors (Lipinski definition) is 1. The van der Waals surface area contributed by atoms with Gasteiger partial charge in [0.05, 0.1) is 10.6 Å². The van der Waals surface area contributed by atoms with E-state index in [0.29, 0.717) is 11.4 Å². The van der Waals surface area contributed by atoms with Gasteiger partial charge in [-0.2, -0.15) is 0 Å². The summed E-state index contributed by atoms with van der Waals surface area (Å²) >= 11 is 9.57. The lowest BCUT2D eigenvalue weighted by Gasteiger charge is -2.34. The maximum absolute atomic E-state index is 14.4. The average molecular weight is 697 g/mol. The quantitative estimate of drug-likeness (QED) is 0.166. The minimum Gasteiger partial charge on any atom is -0.352 e. The third-order valence-corrected chi connectivity index (χ3v) is 9.83. The number of carbonyl (C=O) groups excluding carboxylic acids is 2. The van der Waals surface area contributed by atoms with Crippen molar-refractivity contribution in [3.63, 3.8) is 0 Å². The van der Waals surface area contributed by atoms with E-state index >= 15 is 0 Å². The molecule has 0 aliphatic carbocycles. The molecule has 0 saturated carbocycles. The van der Waals surface area contributed by atoms with Crippen molar-refractivity contribution in [1.82, 2.24) is 10.2 Å². The Morgan fingerprint density at radius 1 is 0.841 bits per heavy atom. The van der Waals surface area contributed by atoms with Gasteiger partial charge in [-0.15, -0.1) is 0 Å². The maximum atomic E-state index is 14.4. The molecular formula is C34H35BrClN3O4S. The number of nitrogens with one attached hydrogen (secondary N) is 1. The van der Waals surface area contributed by atoms with Crippen LogP contribution in [-0.4, -0.2) is 43.8 Å². The number of anilines is 1. The molecule has 44 heavy (non-hydrogen) atoms. The van der Waals surface area contributed by atoms with Crippen LogP contribution in [0.3, 0.4) is 0 Å². The van der Waals surface area contributed by atoms with Crippen LogP contribution in [0.1, 0.15) is 31.4 Å². The first-order valence-corrected chi connectivity index (χ1v) is 16.9. The van der Waals surface area contributed by atoms with Crippen LogP contribution in [-0.2, 0) is 32.6 Å². The van der Waals surface area contributed by atoms with E-state index in [2.05, 4.69) is 21.2 Å². The summed E-state index contributed by atoms with van der Waals surface area (Å²) in [4.78, 5) is 29.8. The highest BCUT2D eigenvalue weighted by molar-refractivity contribution is 9.10. The van der Waals surface area contributed by atoms with Crippen LogP contribution in [0, 0.1) is 0 Å². The number of carbonyl (C=O) groups is 2. The summed E-state index contributed by atoms with van der Waals surface area (Å²) < 4.78 is 29.9. The molecule has 0 saturated heterocycles. The molecule has 2 atom stereocenters. The molecule has 0 fully saturated rings. The van der Waals surface area contributed by atoms with Gasteiger partial charge in [0.2, 0.25) is 11.8 Å². The molecule has 4 aromatic carbocycles. The smallest absolute Gasteiger partial charge is 0.264 e. The zero-order valence-corrected chi connectivity index (χ0v) is 27.7. The van der Waals surface area contributed by atoms with Gasteiger partial charge < -0.3 is 10.2 Å². The van der Waals surface area contributed by atoms with Gasteiger partial charge in [-0.25, -0.2) is 8.42 Å². The zero-order chi connectivity index (χ0) is 31.7. The van der Waals surface area contributed by atoms with E-state index < -0.39 is 28.5 Å². The van der Waals surface area contributed by atoms with Crippen molar-refractivity contribution in [1.29, 1.82) is 0 Å². The van der Waals surface area contributed by atoms with Gasteiger partial charge in [0.15, 0.2) is 0 Å². The minimum absolute atomic E-state index is 0.0394. The normalized spacial score (nSPS) is 12.6. The molecular weight excluding hydrogens is 662 g/mol. The van der Waals surface area contributed by atoms with E-state index in [1.807, 2.05) is 68.4 Å². The lowest BCUT2D eigenvalue weighted by molar-refractivity contribution is -0.140. The first-order chi connectivity index (χ1) is 21.1. The average Bonchev–Trinajstić information content (AvgIpc) is 3.03. The Labute approximate surface area is 273 Å². The summed E-state index contributed by atoms with van der Waals surface area (Å²) in [6.07, 6.45) is 0.960. The number of hydrogen-bond acceptors (Lipinski definition) is 4. The Hall–Kier alpha value is -3.66. The number of sulfonamides is 1. The van der Waals surface area contributed by atoms with E-state index in [0.717, 1.165) is 19.9 Å². The lowest BCUT2D eigenvalue weighted by Crippen LogP contribution is -2.54. The first-order valence-electron chi connectivity index (χ1n) is 14.3. The predicted molar refractivity (Wildman–Crippen MR) is 179 cm³/mol. The third-order valence-electron chi connectivity index (χ3n) is 7.26. The number of rotatable bonds is 13. The molecule has 0 aliphatic rings. The molecule has 4 rings (SSSR count). The van der Waals surface area contributed by atoms with Crippen molar-refractivity contribution >= 4 is 55.1 Å². The van der Waals surface area contributed by atoms with Gasteiger partial charge in [0, 0.05) is 28.5 Å². The molecule has 0 aliphatic heterocycles. The largest absolute Gasteiger partial charge is 0.352 e. The predicted octanol–water partition coefficient (Wildman–Crippen LogP) is 6.85. The van der Waals surface area contributed by atoms with E-state index in [4.69, 9.17) is 11.6 Å². The van der Waals surface area contributed by atoms with Gasteiger partial charge in [-0.05, 0) is 73.0 Å². The third kappa shape index (κ3) is 8.71. The van der Waals surface area contributed by atoms with Crippen LogP contribution in [0.25, 0.3) is 0 Å². The van der Waals surface area contributed by atoms with Crippen molar-refractivity contribution in [2.24, 2.45) is 0 Å². The number of amides is 2. The van der Waals surface area contributed by atoms with Crippen LogP contribution < -0.4 is 9.62 Å². The Morgan fingerprint density at radius 3 is 2.02 bits per heavy atom. The highest BCUT2D eigenvalue weighted by Gasteiger charge is 2.35. The number of benzene rings is 4. The lowest BCUT2D eigenvalue weighted by atomic mass is 10.0. The highest BCUT2D eigenvalue weighted by atomic mass is 79.9. The van der Waals surface area contributed by atoms with Crippen LogP contribution in [0.4, 0.5) is 5.69 Å². The number of halogens is 2. The summed E-state index contributed by atoms with van der Waals surface area (Å²) in [6.45, 7) is 3.45. The molecule has 4 aromatic rings. The highest BCUT2D eigenvalue weighted by Crippen LogP contribution is 2.26. The van der Waals surface area contributed by atoms with Crippen LogP contribution >= 0.6 is 27.5 Å². The molecule has 2 unspecified atom stereocenters. The number of nitrogens with zero attached hydrogens (tertiary/aromatic N) is 2.